The van der Waals surface area contributed by atoms with Crippen molar-refractivity contribution in [1.29, 1.82) is 0 Å². The zero-order chi connectivity index (χ0) is 7.14. The molecule has 56 valence electrons. The molecule has 2 atom stereocenters. The van der Waals surface area contributed by atoms with Crippen LogP contribution in [0.2, 0.25) is 0 Å². The highest BCUT2D eigenvalue weighted by Gasteiger charge is 2.31. The monoisotopic (exact) mass is 137 g/mol. The first-order valence-electron chi connectivity index (χ1n) is 4.13. The van der Waals surface area contributed by atoms with Gasteiger partial charge >= 0.3 is 0 Å². The number of fused-ring (bicyclic) bond motifs is 2. The second kappa shape index (κ2) is 2.09. The summed E-state index contributed by atoms with van der Waals surface area (Å²) < 4.78 is 0. The standard InChI is InChI=1S/C9H15N/c1-7-3-8-5-9(4-7)10(2)6-8/h3,8-9H,4-6H2,1-2H3. The quantitative estimate of drug-likeness (QED) is 0.459. The first-order valence-corrected chi connectivity index (χ1v) is 4.13. The molecule has 0 spiro atoms. The van der Waals surface area contributed by atoms with Crippen molar-refractivity contribution >= 4 is 0 Å². The molecule has 0 saturated carbocycles. The van der Waals surface area contributed by atoms with E-state index in [1.807, 2.05) is 0 Å². The van der Waals surface area contributed by atoms with Crippen molar-refractivity contribution in [1.82, 2.24) is 4.90 Å². The lowest BCUT2D eigenvalue weighted by Crippen LogP contribution is -2.24. The zero-order valence-corrected chi connectivity index (χ0v) is 6.80. The van der Waals surface area contributed by atoms with Crippen LogP contribution in [0.25, 0.3) is 0 Å². The maximum atomic E-state index is 2.50. The second-order valence-electron chi connectivity index (χ2n) is 3.81. The summed E-state index contributed by atoms with van der Waals surface area (Å²) in [5.74, 6) is 0.878. The van der Waals surface area contributed by atoms with Gasteiger partial charge in [0, 0.05) is 12.6 Å². The topological polar surface area (TPSA) is 3.24 Å². The third-order valence-electron chi connectivity index (χ3n) is 2.80. The SMILES string of the molecule is CC1=CC2CC(C1)N(C)C2. The van der Waals surface area contributed by atoms with E-state index in [0.717, 1.165) is 12.0 Å². The molecular formula is C9H15N. The van der Waals surface area contributed by atoms with Crippen molar-refractivity contribution in [3.63, 3.8) is 0 Å². The van der Waals surface area contributed by atoms with Crippen LogP contribution in [0.4, 0.5) is 0 Å². The predicted molar refractivity (Wildman–Crippen MR) is 42.9 cm³/mol. The highest BCUT2D eigenvalue weighted by atomic mass is 15.2. The third kappa shape index (κ3) is 0.891. The molecule has 1 heterocycles. The van der Waals surface area contributed by atoms with Gasteiger partial charge < -0.3 is 4.90 Å². The molecule has 0 aromatic carbocycles. The van der Waals surface area contributed by atoms with Crippen LogP contribution in [0.1, 0.15) is 19.8 Å². The number of rotatable bonds is 0. The fourth-order valence-electron chi connectivity index (χ4n) is 2.32. The Morgan fingerprint density at radius 2 is 2.40 bits per heavy atom. The third-order valence-corrected chi connectivity index (χ3v) is 2.80. The van der Waals surface area contributed by atoms with Crippen LogP contribution in [-0.4, -0.2) is 24.5 Å². The number of hydrogen-bond acceptors (Lipinski definition) is 1. The molecule has 1 fully saturated rings. The summed E-state index contributed by atoms with van der Waals surface area (Å²) in [4.78, 5) is 2.50. The lowest BCUT2D eigenvalue weighted by atomic mass is 9.92. The molecule has 1 aliphatic heterocycles. The smallest absolute Gasteiger partial charge is 0.0136 e. The van der Waals surface area contributed by atoms with Gasteiger partial charge in [-0.3, -0.25) is 0 Å². The molecule has 10 heavy (non-hydrogen) atoms. The van der Waals surface area contributed by atoms with E-state index in [0.29, 0.717) is 0 Å². The van der Waals surface area contributed by atoms with Crippen molar-refractivity contribution in [2.75, 3.05) is 13.6 Å². The molecule has 2 rings (SSSR count). The van der Waals surface area contributed by atoms with Gasteiger partial charge in [-0.25, -0.2) is 0 Å². The molecule has 1 aliphatic carbocycles. The lowest BCUT2D eigenvalue weighted by Gasteiger charge is -2.20. The van der Waals surface area contributed by atoms with Crippen LogP contribution in [0.5, 0.6) is 0 Å². The fourth-order valence-corrected chi connectivity index (χ4v) is 2.32. The van der Waals surface area contributed by atoms with Crippen LogP contribution >= 0.6 is 0 Å². The Balaban J connectivity index is 2.19. The van der Waals surface area contributed by atoms with Gasteiger partial charge in [-0.05, 0) is 32.7 Å². The first-order chi connectivity index (χ1) is 4.75. The summed E-state index contributed by atoms with van der Waals surface area (Å²) >= 11 is 0. The highest BCUT2D eigenvalue weighted by molar-refractivity contribution is 5.12. The van der Waals surface area contributed by atoms with E-state index in [-0.39, 0.29) is 0 Å². The van der Waals surface area contributed by atoms with Crippen LogP contribution in [0, 0.1) is 5.92 Å². The van der Waals surface area contributed by atoms with Crippen molar-refractivity contribution in [2.45, 2.75) is 25.8 Å². The van der Waals surface area contributed by atoms with Crippen molar-refractivity contribution < 1.29 is 0 Å². The molecule has 0 aromatic rings. The van der Waals surface area contributed by atoms with Crippen molar-refractivity contribution in [3.05, 3.63) is 11.6 Å². The summed E-state index contributed by atoms with van der Waals surface area (Å²) in [6.07, 6.45) is 5.18. The van der Waals surface area contributed by atoms with Gasteiger partial charge in [-0.2, -0.15) is 0 Å². The van der Waals surface area contributed by atoms with E-state index in [4.69, 9.17) is 0 Å². The Kier molecular flexibility index (Phi) is 1.34. The molecule has 2 bridgehead atoms. The van der Waals surface area contributed by atoms with Crippen molar-refractivity contribution in [2.24, 2.45) is 5.92 Å². The van der Waals surface area contributed by atoms with Crippen LogP contribution in [0.3, 0.4) is 0 Å². The molecular weight excluding hydrogens is 122 g/mol. The molecule has 0 N–H and O–H groups in total. The molecule has 1 nitrogen and oxygen atoms in total. The molecule has 2 aliphatic rings. The van der Waals surface area contributed by atoms with Gasteiger partial charge in [0.25, 0.3) is 0 Å². The Morgan fingerprint density at radius 3 is 3.10 bits per heavy atom. The van der Waals surface area contributed by atoms with Crippen molar-refractivity contribution in [3.8, 4) is 0 Å². The number of hydrogen-bond donors (Lipinski definition) is 0. The van der Waals surface area contributed by atoms with Crippen LogP contribution in [0.15, 0.2) is 11.6 Å². The van der Waals surface area contributed by atoms with E-state index in [1.54, 1.807) is 5.57 Å². The largest absolute Gasteiger partial charge is 0.302 e. The Morgan fingerprint density at radius 1 is 1.60 bits per heavy atom. The van der Waals surface area contributed by atoms with Gasteiger partial charge in [0.2, 0.25) is 0 Å². The van der Waals surface area contributed by atoms with Gasteiger partial charge in [-0.15, -0.1) is 0 Å². The molecule has 0 radical (unpaired) electrons. The normalized spacial score (nSPS) is 40.0. The average Bonchev–Trinajstić information content (AvgIpc) is 2.07. The van der Waals surface area contributed by atoms with Crippen LogP contribution < -0.4 is 0 Å². The van der Waals surface area contributed by atoms with Gasteiger partial charge in [0.15, 0.2) is 0 Å². The summed E-state index contributed by atoms with van der Waals surface area (Å²) in [6, 6.07) is 0.870. The maximum absolute atomic E-state index is 2.50. The van der Waals surface area contributed by atoms with Gasteiger partial charge in [0.1, 0.15) is 0 Å². The summed E-state index contributed by atoms with van der Waals surface area (Å²) in [7, 11) is 2.25. The first kappa shape index (κ1) is 6.41. The maximum Gasteiger partial charge on any atom is 0.0136 e. The Bertz CT molecular complexity index is 170. The molecule has 0 amide bonds. The van der Waals surface area contributed by atoms with Gasteiger partial charge in [0.05, 0.1) is 0 Å². The van der Waals surface area contributed by atoms with E-state index >= 15 is 0 Å². The van der Waals surface area contributed by atoms with E-state index in [2.05, 4.69) is 24.9 Å². The molecule has 1 heteroatoms. The fraction of sp³-hybridized carbons (Fsp3) is 0.778. The van der Waals surface area contributed by atoms with Crippen LogP contribution in [-0.2, 0) is 0 Å². The highest BCUT2D eigenvalue weighted by Crippen LogP contribution is 2.32. The van der Waals surface area contributed by atoms with E-state index in [9.17, 15) is 0 Å². The van der Waals surface area contributed by atoms with Gasteiger partial charge in [-0.1, -0.05) is 11.6 Å². The minimum atomic E-state index is 0.870. The summed E-state index contributed by atoms with van der Waals surface area (Å²) in [5, 5.41) is 0. The average molecular weight is 137 g/mol. The second-order valence-corrected chi connectivity index (χ2v) is 3.81. The Hall–Kier alpha value is -0.300. The number of nitrogens with zero attached hydrogens (tertiary/aromatic N) is 1. The minimum absolute atomic E-state index is 0.870. The minimum Gasteiger partial charge on any atom is -0.302 e. The summed E-state index contributed by atoms with van der Waals surface area (Å²) in [5.41, 5.74) is 1.60. The van der Waals surface area contributed by atoms with E-state index in [1.165, 1.54) is 19.4 Å². The predicted octanol–water partition coefficient (Wildman–Crippen LogP) is 1.66. The summed E-state index contributed by atoms with van der Waals surface area (Å²) in [6.45, 7) is 3.56. The molecule has 2 unspecified atom stereocenters. The lowest BCUT2D eigenvalue weighted by molar-refractivity contribution is 0.310. The molecule has 0 aromatic heterocycles. The molecule has 1 saturated heterocycles. The number of likely N-dealkylation sites (tertiary alicyclic amines) is 1. The zero-order valence-electron chi connectivity index (χ0n) is 6.80. The van der Waals surface area contributed by atoms with E-state index < -0.39 is 0 Å². The Labute approximate surface area is 62.7 Å².